The van der Waals surface area contributed by atoms with Gasteiger partial charge in [-0.1, -0.05) is 23.8 Å². The molecule has 4 rings (SSSR count). The highest BCUT2D eigenvalue weighted by atomic mass is 16.1. The molecule has 1 aromatic carbocycles. The van der Waals surface area contributed by atoms with Crippen molar-refractivity contribution in [3.63, 3.8) is 0 Å². The largest absolute Gasteiger partial charge is 0.345 e. The smallest absolute Gasteiger partial charge is 0.251 e. The predicted molar refractivity (Wildman–Crippen MR) is 88.9 cm³/mol. The van der Waals surface area contributed by atoms with Gasteiger partial charge in [0, 0.05) is 11.8 Å². The van der Waals surface area contributed by atoms with Crippen LogP contribution in [0.1, 0.15) is 39.5 Å². The van der Waals surface area contributed by atoms with Crippen LogP contribution in [0.25, 0.3) is 5.82 Å². The number of aryl methyl sites for hydroxylation is 2. The van der Waals surface area contributed by atoms with E-state index in [-0.39, 0.29) is 11.9 Å². The van der Waals surface area contributed by atoms with Gasteiger partial charge in [-0.15, -0.1) is 0 Å². The third kappa shape index (κ3) is 2.67. The Hall–Kier alpha value is -3.02. The molecule has 0 saturated heterocycles. The van der Waals surface area contributed by atoms with Gasteiger partial charge >= 0.3 is 0 Å². The molecule has 1 aliphatic carbocycles. The molecule has 0 spiro atoms. The van der Waals surface area contributed by atoms with Crippen molar-refractivity contribution >= 4 is 5.91 Å². The first-order valence-corrected chi connectivity index (χ1v) is 7.92. The summed E-state index contributed by atoms with van der Waals surface area (Å²) in [5.41, 5.74) is 4.38. The fraction of sp³-hybridized carbons (Fsp3) is 0.222. The molecule has 0 fully saturated rings. The lowest BCUT2D eigenvalue weighted by atomic mass is 10.1. The number of hydrogen-bond acceptors (Lipinski definition) is 4. The molecule has 1 atom stereocenters. The predicted octanol–water partition coefficient (Wildman–Crippen LogP) is 2.39. The molecule has 120 valence electrons. The van der Waals surface area contributed by atoms with E-state index >= 15 is 0 Å². The van der Waals surface area contributed by atoms with Crippen molar-refractivity contribution in [3.05, 3.63) is 71.4 Å². The zero-order chi connectivity index (χ0) is 16.5. The molecule has 0 bridgehead atoms. The number of benzene rings is 1. The summed E-state index contributed by atoms with van der Waals surface area (Å²) in [7, 11) is 0. The number of nitrogens with one attached hydrogen (secondary N) is 1. The van der Waals surface area contributed by atoms with Crippen molar-refractivity contribution < 1.29 is 4.79 Å². The molecule has 0 unspecified atom stereocenters. The van der Waals surface area contributed by atoms with Crippen LogP contribution in [0.5, 0.6) is 0 Å². The van der Waals surface area contributed by atoms with E-state index in [2.05, 4.69) is 45.5 Å². The van der Waals surface area contributed by atoms with Crippen molar-refractivity contribution in [1.29, 1.82) is 0 Å². The third-order valence-electron chi connectivity index (χ3n) is 4.34. The monoisotopic (exact) mass is 319 g/mol. The standard InChI is InChI=1S/C18H17N5O/c1-12-2-4-15-13(8-12)3-5-16(15)22-18(24)14-6-7-20-17(9-14)23-11-19-10-21-23/h2,4,6-11,16H,3,5H2,1H3,(H,22,24)/t16-/m0/s1. The first-order valence-electron chi connectivity index (χ1n) is 7.92. The van der Waals surface area contributed by atoms with E-state index < -0.39 is 0 Å². The Morgan fingerprint density at radius 2 is 2.21 bits per heavy atom. The van der Waals surface area contributed by atoms with Gasteiger partial charge in [-0.2, -0.15) is 5.10 Å². The van der Waals surface area contributed by atoms with E-state index in [0.717, 1.165) is 12.8 Å². The average Bonchev–Trinajstić information content (AvgIpc) is 3.25. The van der Waals surface area contributed by atoms with Gasteiger partial charge in [0.2, 0.25) is 0 Å². The SMILES string of the molecule is Cc1ccc2c(c1)CC[C@@H]2NC(=O)c1ccnc(-n2cncn2)c1. The quantitative estimate of drug-likeness (QED) is 0.804. The van der Waals surface area contributed by atoms with Gasteiger partial charge in [-0.25, -0.2) is 14.6 Å². The fourth-order valence-corrected chi connectivity index (χ4v) is 3.15. The first-order chi connectivity index (χ1) is 11.7. The van der Waals surface area contributed by atoms with E-state index in [1.165, 1.54) is 27.7 Å². The number of fused-ring (bicyclic) bond motifs is 1. The number of carbonyl (C=O) groups is 1. The Labute approximate surface area is 139 Å². The highest BCUT2D eigenvalue weighted by Gasteiger charge is 2.24. The van der Waals surface area contributed by atoms with Crippen molar-refractivity contribution in [1.82, 2.24) is 25.1 Å². The van der Waals surface area contributed by atoms with Crippen molar-refractivity contribution in [2.75, 3.05) is 0 Å². The molecule has 0 saturated carbocycles. The lowest BCUT2D eigenvalue weighted by Gasteiger charge is -2.14. The van der Waals surface area contributed by atoms with Crippen LogP contribution in [0.15, 0.2) is 49.2 Å². The highest BCUT2D eigenvalue weighted by molar-refractivity contribution is 5.94. The average molecular weight is 319 g/mol. The van der Waals surface area contributed by atoms with Crippen LogP contribution in [0.2, 0.25) is 0 Å². The van der Waals surface area contributed by atoms with E-state index in [4.69, 9.17) is 0 Å². The van der Waals surface area contributed by atoms with Gasteiger partial charge in [0.25, 0.3) is 5.91 Å². The Morgan fingerprint density at radius 1 is 1.29 bits per heavy atom. The summed E-state index contributed by atoms with van der Waals surface area (Å²) in [6.07, 6.45) is 6.54. The van der Waals surface area contributed by atoms with Crippen LogP contribution in [0.3, 0.4) is 0 Å². The minimum Gasteiger partial charge on any atom is -0.345 e. The second-order valence-corrected chi connectivity index (χ2v) is 6.01. The topological polar surface area (TPSA) is 72.7 Å². The summed E-state index contributed by atoms with van der Waals surface area (Å²) in [4.78, 5) is 20.7. The number of rotatable bonds is 3. The van der Waals surface area contributed by atoms with Gasteiger partial charge in [0.15, 0.2) is 5.82 Å². The second-order valence-electron chi connectivity index (χ2n) is 6.01. The molecule has 6 heteroatoms. The normalized spacial score (nSPS) is 16.0. The van der Waals surface area contributed by atoms with Crippen molar-refractivity contribution in [2.24, 2.45) is 0 Å². The van der Waals surface area contributed by atoms with Crippen LogP contribution >= 0.6 is 0 Å². The summed E-state index contributed by atoms with van der Waals surface area (Å²) < 4.78 is 1.53. The molecule has 24 heavy (non-hydrogen) atoms. The molecule has 1 amide bonds. The number of hydrogen-bond donors (Lipinski definition) is 1. The summed E-state index contributed by atoms with van der Waals surface area (Å²) in [6, 6.07) is 9.91. The summed E-state index contributed by atoms with van der Waals surface area (Å²) in [5, 5.41) is 7.17. The molecule has 1 aliphatic rings. The Bertz CT molecular complexity index is 888. The Kier molecular flexibility index (Phi) is 3.57. The van der Waals surface area contributed by atoms with Gasteiger partial charge in [0.05, 0.1) is 6.04 Å². The molecule has 2 heterocycles. The second kappa shape index (κ2) is 5.88. The van der Waals surface area contributed by atoms with Crippen LogP contribution in [0, 0.1) is 6.92 Å². The van der Waals surface area contributed by atoms with E-state index in [9.17, 15) is 4.79 Å². The zero-order valence-corrected chi connectivity index (χ0v) is 13.3. The minimum atomic E-state index is -0.0998. The van der Waals surface area contributed by atoms with Gasteiger partial charge in [-0.05, 0) is 43.0 Å². The van der Waals surface area contributed by atoms with Crippen molar-refractivity contribution in [2.45, 2.75) is 25.8 Å². The van der Waals surface area contributed by atoms with E-state index in [1.807, 2.05) is 0 Å². The maximum absolute atomic E-state index is 12.6. The summed E-state index contributed by atoms with van der Waals surface area (Å²) >= 11 is 0. The van der Waals surface area contributed by atoms with Crippen LogP contribution in [-0.4, -0.2) is 25.7 Å². The van der Waals surface area contributed by atoms with Gasteiger partial charge in [-0.3, -0.25) is 4.79 Å². The highest BCUT2D eigenvalue weighted by Crippen LogP contribution is 2.31. The minimum absolute atomic E-state index is 0.0658. The number of amides is 1. The zero-order valence-electron chi connectivity index (χ0n) is 13.3. The lowest BCUT2D eigenvalue weighted by molar-refractivity contribution is 0.0936. The van der Waals surface area contributed by atoms with E-state index in [0.29, 0.717) is 11.4 Å². The van der Waals surface area contributed by atoms with Crippen LogP contribution in [0.4, 0.5) is 0 Å². The molecular weight excluding hydrogens is 302 g/mol. The van der Waals surface area contributed by atoms with Gasteiger partial charge < -0.3 is 5.32 Å². The van der Waals surface area contributed by atoms with Crippen LogP contribution < -0.4 is 5.32 Å². The fourth-order valence-electron chi connectivity index (χ4n) is 3.15. The maximum Gasteiger partial charge on any atom is 0.251 e. The number of carbonyl (C=O) groups excluding carboxylic acids is 1. The molecule has 3 aromatic rings. The molecule has 2 aromatic heterocycles. The van der Waals surface area contributed by atoms with E-state index in [1.54, 1.807) is 24.7 Å². The molecular formula is C18H17N5O. The Balaban J connectivity index is 1.55. The summed E-state index contributed by atoms with van der Waals surface area (Å²) in [6.45, 7) is 2.09. The van der Waals surface area contributed by atoms with Gasteiger partial charge in [0.1, 0.15) is 12.7 Å². The number of nitrogens with zero attached hydrogens (tertiary/aromatic N) is 4. The number of aromatic nitrogens is 4. The molecule has 6 nitrogen and oxygen atoms in total. The van der Waals surface area contributed by atoms with Crippen molar-refractivity contribution in [3.8, 4) is 5.82 Å². The number of pyridine rings is 1. The summed E-state index contributed by atoms with van der Waals surface area (Å²) in [5.74, 6) is 0.472. The molecule has 1 N–H and O–H groups in total. The van der Waals surface area contributed by atoms with Crippen LogP contribution in [-0.2, 0) is 6.42 Å². The molecule has 0 aliphatic heterocycles. The maximum atomic E-state index is 12.6. The first kappa shape index (κ1) is 14.6. The molecule has 0 radical (unpaired) electrons. The lowest BCUT2D eigenvalue weighted by Crippen LogP contribution is -2.27. The third-order valence-corrected chi connectivity index (χ3v) is 4.34. The Morgan fingerprint density at radius 3 is 3.04 bits per heavy atom.